The minimum absolute atomic E-state index is 0.239. The summed E-state index contributed by atoms with van der Waals surface area (Å²) in [7, 11) is 0. The molecule has 1 aromatic heterocycles. The highest BCUT2D eigenvalue weighted by Gasteiger charge is 2.20. The summed E-state index contributed by atoms with van der Waals surface area (Å²) < 4.78 is 1.82. The van der Waals surface area contributed by atoms with Crippen LogP contribution in [0.25, 0.3) is 5.69 Å². The molecule has 0 aliphatic rings. The Labute approximate surface area is 134 Å². The van der Waals surface area contributed by atoms with Gasteiger partial charge in [0.2, 0.25) is 5.91 Å². The molecule has 1 aromatic carbocycles. The molecule has 0 bridgehead atoms. The number of rotatable bonds is 5. The number of nitrogens with zero attached hydrogens (tertiary/aromatic N) is 2. The van der Waals surface area contributed by atoms with Crippen molar-refractivity contribution in [2.24, 2.45) is 5.73 Å². The fourth-order valence-electron chi connectivity index (χ4n) is 2.37. The fraction of sp³-hybridized carbons (Fsp3) is 0.312. The molecule has 2 rings (SSSR count). The molecule has 3 amide bonds. The molecule has 2 atom stereocenters. The maximum absolute atomic E-state index is 12.0. The van der Waals surface area contributed by atoms with Gasteiger partial charge in [0.1, 0.15) is 6.04 Å². The minimum atomic E-state index is -0.728. The van der Waals surface area contributed by atoms with Crippen molar-refractivity contribution in [1.29, 1.82) is 0 Å². The summed E-state index contributed by atoms with van der Waals surface area (Å²) in [4.78, 5) is 22.8. The number of carbonyl (C=O) groups excluding carboxylic acids is 2. The molecule has 0 radical (unpaired) electrons. The van der Waals surface area contributed by atoms with E-state index in [2.05, 4.69) is 15.7 Å². The van der Waals surface area contributed by atoms with Crippen LogP contribution in [-0.4, -0.2) is 27.8 Å². The van der Waals surface area contributed by atoms with Gasteiger partial charge in [-0.05, 0) is 32.9 Å². The third kappa shape index (κ3) is 3.88. The van der Waals surface area contributed by atoms with Gasteiger partial charge in [0.25, 0.3) is 0 Å². The van der Waals surface area contributed by atoms with Crippen LogP contribution in [0.15, 0.2) is 36.5 Å². The highest BCUT2D eigenvalue weighted by Crippen LogP contribution is 2.20. The number of aromatic nitrogens is 2. The molecule has 1 heterocycles. The van der Waals surface area contributed by atoms with Crippen molar-refractivity contribution < 1.29 is 9.59 Å². The molecule has 122 valence electrons. The molecule has 7 nitrogen and oxygen atoms in total. The number of hydrogen-bond donors (Lipinski definition) is 3. The van der Waals surface area contributed by atoms with Gasteiger partial charge in [-0.15, -0.1) is 0 Å². The van der Waals surface area contributed by atoms with Gasteiger partial charge in [0, 0.05) is 11.3 Å². The first-order valence-corrected chi connectivity index (χ1v) is 7.36. The summed E-state index contributed by atoms with van der Waals surface area (Å²) in [6, 6.07) is 8.10. The van der Waals surface area contributed by atoms with Gasteiger partial charge in [-0.25, -0.2) is 9.48 Å². The summed E-state index contributed by atoms with van der Waals surface area (Å²) in [5.41, 5.74) is 7.83. The Balaban J connectivity index is 2.12. The van der Waals surface area contributed by atoms with Crippen LogP contribution in [0.5, 0.6) is 0 Å². The summed E-state index contributed by atoms with van der Waals surface area (Å²) in [6.45, 7) is 5.39. The smallest absolute Gasteiger partial charge is 0.312 e. The van der Waals surface area contributed by atoms with Crippen LogP contribution in [0.2, 0.25) is 0 Å². The molecular weight excluding hydrogens is 294 g/mol. The summed E-state index contributed by atoms with van der Waals surface area (Å²) >= 11 is 0. The number of nitrogens with one attached hydrogen (secondary N) is 2. The van der Waals surface area contributed by atoms with Crippen molar-refractivity contribution in [1.82, 2.24) is 20.4 Å². The van der Waals surface area contributed by atoms with Crippen LogP contribution < -0.4 is 16.4 Å². The Morgan fingerprint density at radius 2 is 1.83 bits per heavy atom. The second-order valence-corrected chi connectivity index (χ2v) is 5.39. The monoisotopic (exact) mass is 315 g/mol. The first kappa shape index (κ1) is 16.5. The normalized spacial score (nSPS) is 13.2. The third-order valence-corrected chi connectivity index (χ3v) is 3.63. The van der Waals surface area contributed by atoms with E-state index < -0.39 is 12.1 Å². The van der Waals surface area contributed by atoms with Crippen molar-refractivity contribution >= 4 is 11.9 Å². The van der Waals surface area contributed by atoms with E-state index in [0.717, 1.165) is 16.9 Å². The number of urea groups is 1. The molecule has 0 saturated heterocycles. The zero-order chi connectivity index (χ0) is 17.0. The van der Waals surface area contributed by atoms with Crippen LogP contribution in [0, 0.1) is 6.92 Å². The summed E-state index contributed by atoms with van der Waals surface area (Å²) in [5, 5.41) is 9.58. The maximum Gasteiger partial charge on any atom is 0.312 e. The highest BCUT2D eigenvalue weighted by molar-refractivity contribution is 5.86. The number of amides is 3. The van der Waals surface area contributed by atoms with E-state index in [4.69, 9.17) is 5.73 Å². The Morgan fingerprint density at radius 3 is 2.43 bits per heavy atom. The van der Waals surface area contributed by atoms with Crippen molar-refractivity contribution in [2.75, 3.05) is 0 Å². The van der Waals surface area contributed by atoms with Crippen LogP contribution in [0.3, 0.4) is 0 Å². The lowest BCUT2D eigenvalue weighted by Gasteiger charge is -2.18. The Bertz CT molecular complexity index is 696. The maximum atomic E-state index is 12.0. The number of para-hydroxylation sites is 1. The molecule has 0 aliphatic carbocycles. The van der Waals surface area contributed by atoms with E-state index in [1.54, 1.807) is 13.1 Å². The standard InChI is InChI=1S/C16H21N5O2/c1-10(19-15(22)11(2)20-16(17)23)14-9-18-21(12(14)3)13-7-5-4-6-8-13/h4-11H,1-3H3,(H,19,22)(H3,17,20,23). The van der Waals surface area contributed by atoms with Crippen molar-refractivity contribution in [3.05, 3.63) is 47.8 Å². The lowest BCUT2D eigenvalue weighted by Crippen LogP contribution is -2.47. The van der Waals surface area contributed by atoms with Crippen LogP contribution >= 0.6 is 0 Å². The zero-order valence-electron chi connectivity index (χ0n) is 13.4. The van der Waals surface area contributed by atoms with Gasteiger partial charge >= 0.3 is 6.03 Å². The molecule has 7 heteroatoms. The van der Waals surface area contributed by atoms with Gasteiger partial charge in [-0.2, -0.15) is 5.10 Å². The molecule has 2 unspecified atom stereocenters. The zero-order valence-corrected chi connectivity index (χ0v) is 13.4. The Kier molecular flexibility index (Phi) is 5.00. The molecule has 0 aliphatic heterocycles. The topological polar surface area (TPSA) is 102 Å². The van der Waals surface area contributed by atoms with Crippen LogP contribution in [0.4, 0.5) is 4.79 Å². The number of nitrogens with two attached hydrogens (primary N) is 1. The fourth-order valence-corrected chi connectivity index (χ4v) is 2.37. The van der Waals surface area contributed by atoms with Gasteiger partial charge < -0.3 is 16.4 Å². The predicted octanol–water partition coefficient (Wildman–Crippen LogP) is 1.41. The van der Waals surface area contributed by atoms with Gasteiger partial charge in [0.15, 0.2) is 0 Å². The largest absolute Gasteiger partial charge is 0.352 e. The Morgan fingerprint density at radius 1 is 1.17 bits per heavy atom. The summed E-state index contributed by atoms with van der Waals surface area (Å²) in [5.74, 6) is -0.303. The van der Waals surface area contributed by atoms with E-state index in [9.17, 15) is 9.59 Å². The number of benzene rings is 1. The second kappa shape index (κ2) is 6.95. The molecule has 0 saturated carbocycles. The minimum Gasteiger partial charge on any atom is -0.352 e. The number of hydrogen-bond acceptors (Lipinski definition) is 3. The average Bonchev–Trinajstić information content (AvgIpc) is 2.89. The first-order chi connectivity index (χ1) is 10.9. The van der Waals surface area contributed by atoms with Gasteiger partial charge in [-0.1, -0.05) is 18.2 Å². The van der Waals surface area contributed by atoms with E-state index >= 15 is 0 Å². The van der Waals surface area contributed by atoms with E-state index in [0.29, 0.717) is 0 Å². The van der Waals surface area contributed by atoms with Gasteiger partial charge in [0.05, 0.1) is 17.9 Å². The molecule has 2 aromatic rings. The molecule has 0 spiro atoms. The summed E-state index contributed by atoms with van der Waals surface area (Å²) in [6.07, 6.45) is 1.74. The molecule has 0 fully saturated rings. The number of carbonyl (C=O) groups is 2. The third-order valence-electron chi connectivity index (χ3n) is 3.63. The van der Waals surface area contributed by atoms with Crippen LogP contribution in [0.1, 0.15) is 31.1 Å². The van der Waals surface area contributed by atoms with Crippen molar-refractivity contribution in [3.8, 4) is 5.69 Å². The lowest BCUT2D eigenvalue weighted by molar-refractivity contribution is -0.123. The second-order valence-electron chi connectivity index (χ2n) is 5.39. The average molecular weight is 315 g/mol. The SMILES string of the molecule is Cc1c(C(C)NC(=O)C(C)NC(N)=O)cnn1-c1ccccc1. The predicted molar refractivity (Wildman–Crippen MR) is 87.0 cm³/mol. The van der Waals surface area contributed by atoms with E-state index in [-0.39, 0.29) is 11.9 Å². The first-order valence-electron chi connectivity index (χ1n) is 7.36. The lowest BCUT2D eigenvalue weighted by atomic mass is 10.1. The molecule has 4 N–H and O–H groups in total. The van der Waals surface area contributed by atoms with Gasteiger partial charge in [-0.3, -0.25) is 4.79 Å². The molecular formula is C16H21N5O2. The Hall–Kier alpha value is -2.83. The number of primary amides is 1. The van der Waals surface area contributed by atoms with E-state index in [1.807, 2.05) is 48.9 Å². The highest BCUT2D eigenvalue weighted by atomic mass is 16.2. The van der Waals surface area contributed by atoms with Crippen LogP contribution in [-0.2, 0) is 4.79 Å². The van der Waals surface area contributed by atoms with Crippen molar-refractivity contribution in [2.45, 2.75) is 32.9 Å². The quantitative estimate of drug-likeness (QED) is 0.777. The van der Waals surface area contributed by atoms with E-state index in [1.165, 1.54) is 0 Å². The van der Waals surface area contributed by atoms with Crippen molar-refractivity contribution in [3.63, 3.8) is 0 Å². The molecule has 23 heavy (non-hydrogen) atoms.